The van der Waals surface area contributed by atoms with Crippen molar-refractivity contribution < 1.29 is 13.9 Å². The maximum absolute atomic E-state index is 13.3. The van der Waals surface area contributed by atoms with Gasteiger partial charge in [0.25, 0.3) is 5.91 Å². The first-order valence-electron chi connectivity index (χ1n) is 11.6. The van der Waals surface area contributed by atoms with Crippen molar-refractivity contribution in [2.75, 3.05) is 44.7 Å². The molecule has 0 radical (unpaired) electrons. The van der Waals surface area contributed by atoms with E-state index < -0.39 is 0 Å². The Labute approximate surface area is 198 Å². The average molecular weight is 462 g/mol. The highest BCUT2D eigenvalue weighted by Crippen LogP contribution is 2.32. The highest BCUT2D eigenvalue weighted by molar-refractivity contribution is 5.94. The van der Waals surface area contributed by atoms with Crippen LogP contribution in [0.2, 0.25) is 0 Å². The summed E-state index contributed by atoms with van der Waals surface area (Å²) in [5, 5.41) is 0. The second kappa shape index (κ2) is 9.38. The first kappa shape index (κ1) is 22.3. The summed E-state index contributed by atoms with van der Waals surface area (Å²) in [7, 11) is 2.11. The molecular formula is C26H28FN5O2. The van der Waals surface area contributed by atoms with Crippen molar-refractivity contribution in [3.63, 3.8) is 0 Å². The van der Waals surface area contributed by atoms with Crippen molar-refractivity contribution in [3.05, 3.63) is 76.7 Å². The molecule has 0 unspecified atom stereocenters. The summed E-state index contributed by atoms with van der Waals surface area (Å²) in [5.74, 6) is 1.35. The minimum absolute atomic E-state index is 0.143. The van der Waals surface area contributed by atoms with Crippen LogP contribution in [0.25, 0.3) is 0 Å². The van der Waals surface area contributed by atoms with Gasteiger partial charge in [0, 0.05) is 44.7 Å². The number of piperazine rings is 1. The second-order valence-corrected chi connectivity index (χ2v) is 8.94. The van der Waals surface area contributed by atoms with E-state index in [-0.39, 0.29) is 11.7 Å². The van der Waals surface area contributed by atoms with Gasteiger partial charge < -0.3 is 19.4 Å². The van der Waals surface area contributed by atoms with Crippen LogP contribution in [0.15, 0.2) is 48.5 Å². The molecule has 0 spiro atoms. The smallest absolute Gasteiger partial charge is 0.254 e. The monoisotopic (exact) mass is 461 g/mol. The van der Waals surface area contributed by atoms with Crippen molar-refractivity contribution in [1.29, 1.82) is 0 Å². The first-order valence-corrected chi connectivity index (χ1v) is 11.6. The lowest BCUT2D eigenvalue weighted by Crippen LogP contribution is -2.45. The molecule has 3 heterocycles. The lowest BCUT2D eigenvalue weighted by molar-refractivity contribution is 0.0732. The zero-order valence-electron chi connectivity index (χ0n) is 19.5. The summed E-state index contributed by atoms with van der Waals surface area (Å²) < 4.78 is 19.6. The number of hydrogen-bond donors (Lipinski definition) is 0. The minimum atomic E-state index is -0.362. The number of carbonyl (C=O) groups excluding carboxylic acids is 1. The van der Waals surface area contributed by atoms with Gasteiger partial charge in [-0.05, 0) is 50.4 Å². The number of aromatic nitrogens is 2. The fraction of sp³-hybridized carbons (Fsp3) is 0.346. The number of anilines is 1. The van der Waals surface area contributed by atoms with Gasteiger partial charge in [-0.2, -0.15) is 4.98 Å². The Balaban J connectivity index is 1.46. The number of amides is 1. The zero-order chi connectivity index (χ0) is 23.7. The number of halogens is 1. The average Bonchev–Trinajstić information content (AvgIpc) is 2.85. The maximum atomic E-state index is 13.3. The molecule has 0 atom stereocenters. The van der Waals surface area contributed by atoms with Gasteiger partial charge in [0.05, 0.1) is 17.8 Å². The maximum Gasteiger partial charge on any atom is 0.254 e. The Kier molecular flexibility index (Phi) is 6.15. The van der Waals surface area contributed by atoms with E-state index in [1.807, 2.05) is 31.2 Å². The minimum Gasteiger partial charge on any atom is -0.438 e. The van der Waals surface area contributed by atoms with E-state index in [1.54, 1.807) is 4.90 Å². The molecule has 1 aromatic heterocycles. The molecular weight excluding hydrogens is 433 g/mol. The molecule has 0 N–H and O–H groups in total. The quantitative estimate of drug-likeness (QED) is 0.591. The first-order chi connectivity index (χ1) is 16.5. The molecule has 34 heavy (non-hydrogen) atoms. The summed E-state index contributed by atoms with van der Waals surface area (Å²) in [4.78, 5) is 29.0. The van der Waals surface area contributed by atoms with Crippen molar-refractivity contribution in [2.24, 2.45) is 0 Å². The molecule has 0 saturated carbocycles. The van der Waals surface area contributed by atoms with Gasteiger partial charge in [-0.25, -0.2) is 9.37 Å². The Morgan fingerprint density at radius 3 is 2.35 bits per heavy atom. The van der Waals surface area contributed by atoms with Gasteiger partial charge in [0.1, 0.15) is 11.6 Å². The largest absolute Gasteiger partial charge is 0.438 e. The van der Waals surface area contributed by atoms with E-state index >= 15 is 0 Å². The van der Waals surface area contributed by atoms with Gasteiger partial charge in [-0.15, -0.1) is 0 Å². The molecule has 3 aromatic rings. The molecule has 1 amide bonds. The van der Waals surface area contributed by atoms with Gasteiger partial charge in [0.15, 0.2) is 0 Å². The Morgan fingerprint density at radius 2 is 1.65 bits per heavy atom. The normalized spacial score (nSPS) is 16.3. The number of likely N-dealkylation sites (N-methyl/N-ethyl adjacent to an activating group) is 1. The van der Waals surface area contributed by atoms with E-state index in [9.17, 15) is 9.18 Å². The number of nitrogens with zero attached hydrogens (tertiary/aromatic N) is 5. The molecule has 5 rings (SSSR count). The molecule has 0 bridgehead atoms. The topological polar surface area (TPSA) is 61.8 Å². The number of ether oxygens (including phenoxy) is 1. The predicted molar refractivity (Wildman–Crippen MR) is 128 cm³/mol. The number of benzene rings is 2. The van der Waals surface area contributed by atoms with Gasteiger partial charge in [-0.1, -0.05) is 17.7 Å². The van der Waals surface area contributed by atoms with Crippen LogP contribution >= 0.6 is 0 Å². The third kappa shape index (κ3) is 4.72. The Bertz CT molecular complexity index is 1180. The van der Waals surface area contributed by atoms with E-state index in [0.717, 1.165) is 43.0 Å². The van der Waals surface area contributed by atoms with Crippen molar-refractivity contribution in [2.45, 2.75) is 19.9 Å². The predicted octanol–water partition coefficient (Wildman–Crippen LogP) is 3.67. The molecule has 8 heteroatoms. The van der Waals surface area contributed by atoms with Crippen molar-refractivity contribution in [3.8, 4) is 11.6 Å². The number of rotatable bonds is 4. The molecule has 1 saturated heterocycles. The van der Waals surface area contributed by atoms with E-state index in [1.165, 1.54) is 24.3 Å². The van der Waals surface area contributed by atoms with E-state index in [2.05, 4.69) is 16.8 Å². The van der Waals surface area contributed by atoms with Crippen LogP contribution in [0, 0.1) is 12.7 Å². The van der Waals surface area contributed by atoms with Crippen LogP contribution in [0.4, 0.5) is 10.3 Å². The number of hydrogen-bond acceptors (Lipinski definition) is 6. The van der Waals surface area contributed by atoms with Crippen LogP contribution in [0.5, 0.6) is 11.6 Å². The summed E-state index contributed by atoms with van der Waals surface area (Å²) in [6.45, 7) is 6.52. The highest BCUT2D eigenvalue weighted by Gasteiger charge is 2.29. The number of carbonyl (C=O) groups is 1. The van der Waals surface area contributed by atoms with Crippen LogP contribution in [0.3, 0.4) is 0 Å². The van der Waals surface area contributed by atoms with Gasteiger partial charge in [0.2, 0.25) is 11.8 Å². The van der Waals surface area contributed by atoms with Crippen molar-refractivity contribution >= 4 is 11.9 Å². The Morgan fingerprint density at radius 1 is 0.941 bits per heavy atom. The van der Waals surface area contributed by atoms with Crippen molar-refractivity contribution in [1.82, 2.24) is 19.8 Å². The van der Waals surface area contributed by atoms with Gasteiger partial charge in [-0.3, -0.25) is 4.79 Å². The van der Waals surface area contributed by atoms with Crippen LogP contribution in [-0.2, 0) is 13.0 Å². The lowest BCUT2D eigenvalue weighted by atomic mass is 10.0. The van der Waals surface area contributed by atoms with E-state index in [4.69, 9.17) is 14.7 Å². The third-order valence-electron chi connectivity index (χ3n) is 6.41. The molecule has 2 aliphatic rings. The molecule has 2 aliphatic heterocycles. The molecule has 2 aromatic carbocycles. The number of aryl methyl sites for hydroxylation is 1. The summed E-state index contributed by atoms with van der Waals surface area (Å²) in [6.07, 6.45) is 0.607. The zero-order valence-corrected chi connectivity index (χ0v) is 19.5. The van der Waals surface area contributed by atoms with Gasteiger partial charge >= 0.3 is 0 Å². The summed E-state index contributed by atoms with van der Waals surface area (Å²) in [6, 6.07) is 13.5. The second-order valence-electron chi connectivity index (χ2n) is 8.94. The summed E-state index contributed by atoms with van der Waals surface area (Å²) in [5.41, 5.74) is 3.33. The molecule has 176 valence electrons. The fourth-order valence-electron chi connectivity index (χ4n) is 4.27. The van der Waals surface area contributed by atoms with Crippen LogP contribution < -0.4 is 9.64 Å². The van der Waals surface area contributed by atoms with Crippen LogP contribution in [-0.4, -0.2) is 65.4 Å². The molecule has 0 aliphatic carbocycles. The van der Waals surface area contributed by atoms with E-state index in [0.29, 0.717) is 42.7 Å². The number of fused-ring (bicyclic) bond motifs is 1. The summed E-state index contributed by atoms with van der Waals surface area (Å²) >= 11 is 0. The standard InChI is InChI=1S/C26H28FN5O2/c1-18-3-9-21(10-4-18)34-24-22-17-32(25(33)19-5-7-20(27)8-6-19)12-11-23(22)28-26(29-24)31-15-13-30(2)14-16-31/h3-10H,11-17H2,1-2H3. The Hall–Kier alpha value is -3.52. The molecule has 1 fully saturated rings. The lowest BCUT2D eigenvalue weighted by Gasteiger charge is -2.34. The fourth-order valence-corrected chi connectivity index (χ4v) is 4.27. The SMILES string of the molecule is Cc1ccc(Oc2nc(N3CCN(C)CC3)nc3c2CN(C(=O)c2ccc(F)cc2)CC3)cc1. The molecule has 7 nitrogen and oxygen atoms in total. The van der Waals surface area contributed by atoms with Crippen LogP contribution in [0.1, 0.15) is 27.2 Å². The highest BCUT2D eigenvalue weighted by atomic mass is 19.1. The third-order valence-corrected chi connectivity index (χ3v) is 6.41.